The van der Waals surface area contributed by atoms with E-state index in [0.29, 0.717) is 0 Å². The molecule has 0 radical (unpaired) electrons. The van der Waals surface area contributed by atoms with Gasteiger partial charge in [-0.3, -0.25) is 0 Å². The van der Waals surface area contributed by atoms with Crippen LogP contribution in [0.3, 0.4) is 0 Å². The number of nitriles is 1. The lowest BCUT2D eigenvalue weighted by atomic mass is 10.0. The lowest BCUT2D eigenvalue weighted by molar-refractivity contribution is -0.0327. The highest BCUT2D eigenvalue weighted by molar-refractivity contribution is 8.00. The molecular weight excluding hydrogens is 346 g/mol. The summed E-state index contributed by atoms with van der Waals surface area (Å²) in [4.78, 5) is -0.110. The van der Waals surface area contributed by atoms with E-state index in [1.165, 1.54) is 30.3 Å². The Bertz CT molecular complexity index is 835. The second-order valence-electron chi connectivity index (χ2n) is 5.00. The van der Waals surface area contributed by atoms with Crippen molar-refractivity contribution < 1.29 is 27.4 Å². The molecule has 2 aromatic rings. The monoisotopic (exact) mass is 355 g/mol. The molecule has 1 atom stereocenters. The van der Waals surface area contributed by atoms with E-state index in [9.17, 15) is 22.7 Å². The first-order valence-corrected chi connectivity index (χ1v) is 7.53. The van der Waals surface area contributed by atoms with E-state index < -0.39 is 28.9 Å². The Morgan fingerprint density at radius 2 is 2.00 bits per heavy atom. The van der Waals surface area contributed by atoms with Crippen LogP contribution in [0.15, 0.2) is 41.3 Å². The fourth-order valence-electron chi connectivity index (χ4n) is 2.41. The summed E-state index contributed by atoms with van der Waals surface area (Å²) in [5.41, 5.74) is -1.03. The van der Waals surface area contributed by atoms with E-state index in [-0.39, 0.29) is 33.7 Å². The van der Waals surface area contributed by atoms with Crippen LogP contribution in [0.1, 0.15) is 29.2 Å². The molecule has 0 aliphatic carbocycles. The van der Waals surface area contributed by atoms with Gasteiger partial charge in [0, 0.05) is 10.5 Å². The zero-order valence-electron chi connectivity index (χ0n) is 11.8. The molecule has 3 nitrogen and oxygen atoms in total. The summed E-state index contributed by atoms with van der Waals surface area (Å²) in [5, 5.41) is 15.0. The van der Waals surface area contributed by atoms with Crippen molar-refractivity contribution in [2.24, 2.45) is 0 Å². The lowest BCUT2D eigenvalue weighted by Crippen LogP contribution is -2.17. The molecule has 8 heteroatoms. The number of fused-ring (bicyclic) bond motifs is 1. The summed E-state index contributed by atoms with van der Waals surface area (Å²) >= 11 is 0.0388. The van der Waals surface area contributed by atoms with Crippen molar-refractivity contribution in [1.82, 2.24) is 0 Å². The Hall–Kier alpha value is -2.24. The van der Waals surface area contributed by atoms with Gasteiger partial charge in [0.05, 0.1) is 17.2 Å². The third-order valence-electron chi connectivity index (χ3n) is 3.45. The largest absolute Gasteiger partial charge is 0.457 e. The van der Waals surface area contributed by atoms with E-state index in [1.807, 2.05) is 6.07 Å². The Balaban J connectivity index is 2.07. The number of aliphatic hydroxyl groups is 1. The van der Waals surface area contributed by atoms with Crippen LogP contribution in [0.2, 0.25) is 0 Å². The third kappa shape index (κ3) is 2.81. The third-order valence-corrected chi connectivity index (χ3v) is 4.53. The SMILES string of the molecule is N#Cc1cccc(Oc2ccc3c(c2C(F)F)C(O)C(F)(F)S3)c1. The minimum atomic E-state index is -3.58. The van der Waals surface area contributed by atoms with Gasteiger partial charge in [-0.1, -0.05) is 6.07 Å². The van der Waals surface area contributed by atoms with Gasteiger partial charge < -0.3 is 9.84 Å². The van der Waals surface area contributed by atoms with Crippen LogP contribution >= 0.6 is 11.8 Å². The smallest absolute Gasteiger partial charge is 0.327 e. The van der Waals surface area contributed by atoms with E-state index in [4.69, 9.17) is 10.00 Å². The quantitative estimate of drug-likeness (QED) is 0.786. The molecule has 0 aromatic heterocycles. The average Bonchev–Trinajstić information content (AvgIpc) is 2.77. The molecule has 0 saturated heterocycles. The number of nitrogens with zero attached hydrogens (tertiary/aromatic N) is 1. The molecule has 1 N–H and O–H groups in total. The van der Waals surface area contributed by atoms with Gasteiger partial charge in [0.15, 0.2) is 6.10 Å². The molecule has 0 fully saturated rings. The van der Waals surface area contributed by atoms with Gasteiger partial charge >= 0.3 is 5.25 Å². The first-order valence-electron chi connectivity index (χ1n) is 6.71. The molecular formula is C16H9F4NO2S. The first kappa shape index (κ1) is 16.6. The topological polar surface area (TPSA) is 53.2 Å². The molecule has 0 amide bonds. The molecule has 1 heterocycles. The highest BCUT2D eigenvalue weighted by Gasteiger charge is 2.50. The van der Waals surface area contributed by atoms with Crippen molar-refractivity contribution in [3.63, 3.8) is 0 Å². The maximum absolute atomic E-state index is 13.6. The number of rotatable bonds is 3. The van der Waals surface area contributed by atoms with Gasteiger partial charge in [0.1, 0.15) is 11.5 Å². The van der Waals surface area contributed by atoms with Gasteiger partial charge in [-0.05, 0) is 42.1 Å². The lowest BCUT2D eigenvalue weighted by Gasteiger charge is -2.17. The first-order chi connectivity index (χ1) is 11.3. The van der Waals surface area contributed by atoms with Crippen molar-refractivity contribution >= 4 is 11.8 Å². The highest BCUT2D eigenvalue weighted by atomic mass is 32.2. The highest BCUT2D eigenvalue weighted by Crippen LogP contribution is 2.57. The standard InChI is InChI=1S/C16H9F4NO2S/c17-15(18)12-10(23-9-3-1-2-8(6-9)7-21)4-5-11-13(12)14(22)16(19,20)24-11/h1-6,14-15,22H. The fourth-order valence-corrected chi connectivity index (χ4v) is 3.40. The van der Waals surface area contributed by atoms with Crippen LogP contribution in [-0.2, 0) is 0 Å². The number of hydrogen-bond donors (Lipinski definition) is 1. The Morgan fingerprint density at radius 3 is 2.67 bits per heavy atom. The van der Waals surface area contributed by atoms with E-state index in [2.05, 4.69) is 0 Å². The summed E-state index contributed by atoms with van der Waals surface area (Å²) < 4.78 is 59.5. The van der Waals surface area contributed by atoms with Crippen LogP contribution in [0.4, 0.5) is 17.6 Å². The normalized spacial score (nSPS) is 18.3. The average molecular weight is 355 g/mol. The van der Waals surface area contributed by atoms with Gasteiger partial charge in [-0.2, -0.15) is 14.0 Å². The van der Waals surface area contributed by atoms with Crippen molar-refractivity contribution in [2.75, 3.05) is 0 Å². The van der Waals surface area contributed by atoms with E-state index in [1.54, 1.807) is 0 Å². The van der Waals surface area contributed by atoms with Crippen LogP contribution in [-0.4, -0.2) is 10.4 Å². The van der Waals surface area contributed by atoms with E-state index >= 15 is 0 Å². The Labute approximate surface area is 138 Å². The molecule has 1 aliphatic rings. The maximum Gasteiger partial charge on any atom is 0.327 e. The molecule has 0 spiro atoms. The van der Waals surface area contributed by atoms with Gasteiger partial charge in [-0.25, -0.2) is 8.78 Å². The molecule has 0 saturated carbocycles. The summed E-state index contributed by atoms with van der Waals surface area (Å²) in [6, 6.07) is 10.0. The number of thioether (sulfide) groups is 1. The number of alkyl halides is 4. The Morgan fingerprint density at radius 1 is 1.25 bits per heavy atom. The predicted octanol–water partition coefficient (Wildman–Crippen LogP) is 5.02. The molecule has 124 valence electrons. The van der Waals surface area contributed by atoms with Crippen molar-refractivity contribution in [1.29, 1.82) is 5.26 Å². The Kier molecular flexibility index (Phi) is 4.15. The summed E-state index contributed by atoms with van der Waals surface area (Å²) in [5.74, 6) is -0.223. The molecule has 24 heavy (non-hydrogen) atoms. The zero-order chi connectivity index (χ0) is 17.5. The van der Waals surface area contributed by atoms with Gasteiger partial charge in [0.2, 0.25) is 0 Å². The van der Waals surface area contributed by atoms with Crippen LogP contribution < -0.4 is 4.74 Å². The molecule has 3 rings (SSSR count). The molecule has 1 aliphatic heterocycles. The molecule has 1 unspecified atom stereocenters. The number of halogens is 4. The molecule has 0 bridgehead atoms. The zero-order valence-corrected chi connectivity index (χ0v) is 12.7. The second kappa shape index (κ2) is 6.00. The summed E-state index contributed by atoms with van der Waals surface area (Å²) in [6.45, 7) is 0. The minimum absolute atomic E-state index is 0.0388. The number of benzene rings is 2. The van der Waals surface area contributed by atoms with Crippen LogP contribution in [0, 0.1) is 11.3 Å². The minimum Gasteiger partial charge on any atom is -0.457 e. The van der Waals surface area contributed by atoms with Crippen LogP contribution in [0.5, 0.6) is 11.5 Å². The fraction of sp³-hybridized carbons (Fsp3) is 0.188. The molecule has 2 aromatic carbocycles. The van der Waals surface area contributed by atoms with Gasteiger partial charge in [-0.15, -0.1) is 0 Å². The van der Waals surface area contributed by atoms with E-state index in [0.717, 1.165) is 6.07 Å². The van der Waals surface area contributed by atoms with Crippen molar-refractivity contribution in [3.8, 4) is 17.6 Å². The number of ether oxygens (including phenoxy) is 1. The number of hydrogen-bond acceptors (Lipinski definition) is 4. The van der Waals surface area contributed by atoms with Crippen molar-refractivity contribution in [2.45, 2.75) is 22.7 Å². The summed E-state index contributed by atoms with van der Waals surface area (Å²) in [7, 11) is 0. The number of aliphatic hydroxyl groups excluding tert-OH is 1. The van der Waals surface area contributed by atoms with Crippen molar-refractivity contribution in [3.05, 3.63) is 53.1 Å². The van der Waals surface area contributed by atoms with Gasteiger partial charge in [0.25, 0.3) is 6.43 Å². The van der Waals surface area contributed by atoms with Crippen LogP contribution in [0.25, 0.3) is 0 Å². The maximum atomic E-state index is 13.6. The second-order valence-corrected chi connectivity index (χ2v) is 6.19. The predicted molar refractivity (Wildman–Crippen MR) is 78.4 cm³/mol. The summed E-state index contributed by atoms with van der Waals surface area (Å²) in [6.07, 6.45) is -5.45.